The molecule has 2 aromatic carbocycles. The predicted molar refractivity (Wildman–Crippen MR) is 83.5 cm³/mol. The van der Waals surface area contributed by atoms with Crippen LogP contribution in [0.25, 0.3) is 0 Å². The predicted octanol–water partition coefficient (Wildman–Crippen LogP) is 4.40. The largest absolute Gasteiger partial charge is 0.419 e. The van der Waals surface area contributed by atoms with Gasteiger partial charge in [0.05, 0.1) is 29.0 Å². The van der Waals surface area contributed by atoms with Crippen LogP contribution in [0, 0.1) is 34.3 Å². The normalized spacial score (nSPS) is 16.4. The highest BCUT2D eigenvalue weighted by molar-refractivity contribution is 6.08. The molecule has 0 saturated carbocycles. The topological polar surface area (TPSA) is 67.9 Å². The molecule has 0 aromatic heterocycles. The second-order valence-corrected chi connectivity index (χ2v) is 5.83. The van der Waals surface area contributed by atoms with Crippen molar-refractivity contribution in [1.29, 1.82) is 10.5 Å². The molecule has 0 spiro atoms. The number of carbonyl (C=O) groups excluding carboxylic acids is 1. The minimum atomic E-state index is -5.08. The molecular formula is C18H7F6N3O. The number of nitrogens with zero attached hydrogens (tertiary/aromatic N) is 3. The monoisotopic (exact) mass is 395 g/mol. The molecule has 1 unspecified atom stereocenters. The SMILES string of the molecule is N#Cc1cc(F)cc2c1N(c1ccc(C(F)(F)F)c(F)c1C#N)CC(F)C2=O. The maximum Gasteiger partial charge on any atom is 0.419 e. The summed E-state index contributed by atoms with van der Waals surface area (Å²) in [5.74, 6) is -4.01. The van der Waals surface area contributed by atoms with Crippen LogP contribution in [0.4, 0.5) is 37.7 Å². The Morgan fingerprint density at radius 2 is 1.79 bits per heavy atom. The number of fused-ring (bicyclic) bond motifs is 1. The molecule has 1 heterocycles. The van der Waals surface area contributed by atoms with Gasteiger partial charge in [0, 0.05) is 5.56 Å². The molecule has 0 fully saturated rings. The first-order valence-corrected chi connectivity index (χ1v) is 7.59. The van der Waals surface area contributed by atoms with Crippen LogP contribution >= 0.6 is 0 Å². The van der Waals surface area contributed by atoms with Gasteiger partial charge in [0.15, 0.2) is 12.0 Å². The average Bonchev–Trinajstić information content (AvgIpc) is 2.62. The van der Waals surface area contributed by atoms with Crippen molar-refractivity contribution in [3.63, 3.8) is 0 Å². The Kier molecular flexibility index (Phi) is 4.51. The van der Waals surface area contributed by atoms with Gasteiger partial charge in [0.1, 0.15) is 23.5 Å². The molecule has 28 heavy (non-hydrogen) atoms. The Morgan fingerprint density at radius 3 is 2.36 bits per heavy atom. The molecule has 1 aliphatic heterocycles. The highest BCUT2D eigenvalue weighted by Crippen LogP contribution is 2.42. The maximum absolute atomic E-state index is 14.3. The Labute approximate surface area is 153 Å². The Hall–Kier alpha value is -3.53. The van der Waals surface area contributed by atoms with Gasteiger partial charge in [-0.1, -0.05) is 0 Å². The number of hydrogen-bond donors (Lipinski definition) is 0. The van der Waals surface area contributed by atoms with Crippen molar-refractivity contribution in [2.24, 2.45) is 0 Å². The summed E-state index contributed by atoms with van der Waals surface area (Å²) in [5, 5.41) is 18.4. The summed E-state index contributed by atoms with van der Waals surface area (Å²) in [4.78, 5) is 12.9. The Balaban J connectivity index is 2.32. The van der Waals surface area contributed by atoms with Crippen molar-refractivity contribution in [1.82, 2.24) is 0 Å². The molecule has 1 aliphatic rings. The lowest BCUT2D eigenvalue weighted by atomic mass is 9.94. The van der Waals surface area contributed by atoms with Crippen molar-refractivity contribution in [2.75, 3.05) is 11.4 Å². The number of hydrogen-bond acceptors (Lipinski definition) is 4. The van der Waals surface area contributed by atoms with Crippen molar-refractivity contribution < 1.29 is 31.1 Å². The van der Waals surface area contributed by atoms with E-state index in [1.165, 1.54) is 6.07 Å². The van der Waals surface area contributed by atoms with Gasteiger partial charge in [-0.25, -0.2) is 13.2 Å². The molecule has 2 aromatic rings. The van der Waals surface area contributed by atoms with Gasteiger partial charge in [0.2, 0.25) is 5.78 Å². The number of carbonyl (C=O) groups is 1. The molecule has 3 rings (SSSR count). The maximum atomic E-state index is 14.3. The summed E-state index contributed by atoms with van der Waals surface area (Å²) in [7, 11) is 0. The van der Waals surface area contributed by atoms with Crippen LogP contribution in [-0.2, 0) is 6.18 Å². The summed E-state index contributed by atoms with van der Waals surface area (Å²) >= 11 is 0. The first-order chi connectivity index (χ1) is 13.1. The van der Waals surface area contributed by atoms with Crippen LogP contribution in [-0.4, -0.2) is 18.5 Å². The number of Topliss-reactive ketones (excluding diaryl/α,β-unsaturated/α-hetero) is 1. The standard InChI is InChI=1S/C18H7F6N3O/c19-9-3-8(5-25)16-10(4-9)17(28)13(20)7-27(16)14-2-1-12(18(22,23)24)15(21)11(14)6-26/h1-4,13H,7H2. The third-order valence-electron chi connectivity index (χ3n) is 4.19. The Bertz CT molecular complexity index is 1080. The fourth-order valence-corrected chi connectivity index (χ4v) is 3.00. The lowest BCUT2D eigenvalue weighted by Gasteiger charge is -2.33. The van der Waals surface area contributed by atoms with Gasteiger partial charge < -0.3 is 4.90 Å². The molecular weight excluding hydrogens is 388 g/mol. The zero-order valence-corrected chi connectivity index (χ0v) is 13.6. The fraction of sp³-hybridized carbons (Fsp3) is 0.167. The zero-order valence-electron chi connectivity index (χ0n) is 13.6. The first kappa shape index (κ1) is 19.2. The van der Waals surface area contributed by atoms with Gasteiger partial charge in [-0.2, -0.15) is 23.7 Å². The van der Waals surface area contributed by atoms with E-state index in [1.807, 2.05) is 0 Å². The van der Waals surface area contributed by atoms with Gasteiger partial charge in [0.25, 0.3) is 0 Å². The number of benzene rings is 2. The van der Waals surface area contributed by atoms with Crippen LogP contribution < -0.4 is 4.90 Å². The van der Waals surface area contributed by atoms with E-state index in [-0.39, 0.29) is 5.69 Å². The highest BCUT2D eigenvalue weighted by atomic mass is 19.4. The van der Waals surface area contributed by atoms with E-state index in [9.17, 15) is 41.7 Å². The van der Waals surface area contributed by atoms with Crippen LogP contribution in [0.2, 0.25) is 0 Å². The van der Waals surface area contributed by atoms with E-state index >= 15 is 0 Å². The van der Waals surface area contributed by atoms with E-state index < -0.39 is 64.3 Å². The van der Waals surface area contributed by atoms with Crippen molar-refractivity contribution in [3.05, 3.63) is 58.2 Å². The quantitative estimate of drug-likeness (QED) is 0.672. The highest BCUT2D eigenvalue weighted by Gasteiger charge is 2.39. The third kappa shape index (κ3) is 2.93. The summed E-state index contributed by atoms with van der Waals surface area (Å²) < 4.78 is 80.9. The van der Waals surface area contributed by atoms with E-state index in [2.05, 4.69) is 0 Å². The van der Waals surface area contributed by atoms with Gasteiger partial charge in [-0.15, -0.1) is 0 Å². The number of alkyl halides is 4. The molecule has 4 nitrogen and oxygen atoms in total. The Morgan fingerprint density at radius 1 is 1.11 bits per heavy atom. The number of ketones is 1. The van der Waals surface area contributed by atoms with E-state index in [4.69, 9.17) is 0 Å². The molecule has 0 bridgehead atoms. The summed E-state index contributed by atoms with van der Waals surface area (Å²) in [6, 6.07) is 5.42. The number of rotatable bonds is 1. The number of nitriles is 2. The molecule has 0 saturated heterocycles. The molecule has 0 amide bonds. The van der Waals surface area contributed by atoms with Crippen molar-refractivity contribution >= 4 is 17.2 Å². The smallest absolute Gasteiger partial charge is 0.335 e. The van der Waals surface area contributed by atoms with Gasteiger partial charge in [-0.05, 0) is 24.3 Å². The molecule has 0 radical (unpaired) electrons. The molecule has 10 heteroatoms. The lowest BCUT2D eigenvalue weighted by Crippen LogP contribution is -2.39. The summed E-state index contributed by atoms with van der Waals surface area (Å²) in [6.07, 6.45) is -7.30. The second kappa shape index (κ2) is 6.57. The van der Waals surface area contributed by atoms with Crippen molar-refractivity contribution in [3.8, 4) is 12.1 Å². The van der Waals surface area contributed by atoms with Crippen LogP contribution in [0.1, 0.15) is 27.0 Å². The van der Waals surface area contributed by atoms with Gasteiger partial charge in [-0.3, -0.25) is 4.79 Å². The van der Waals surface area contributed by atoms with E-state index in [1.54, 1.807) is 6.07 Å². The summed E-state index contributed by atoms with van der Waals surface area (Å²) in [5.41, 5.74) is -4.47. The van der Waals surface area contributed by atoms with Crippen LogP contribution in [0.5, 0.6) is 0 Å². The molecule has 1 atom stereocenters. The fourth-order valence-electron chi connectivity index (χ4n) is 3.00. The molecule has 142 valence electrons. The van der Waals surface area contributed by atoms with E-state index in [0.717, 1.165) is 17.0 Å². The zero-order chi connectivity index (χ0) is 20.8. The van der Waals surface area contributed by atoms with Crippen LogP contribution in [0.15, 0.2) is 24.3 Å². The van der Waals surface area contributed by atoms with E-state index in [0.29, 0.717) is 12.1 Å². The first-order valence-electron chi connectivity index (χ1n) is 7.59. The second-order valence-electron chi connectivity index (χ2n) is 5.83. The average molecular weight is 395 g/mol. The van der Waals surface area contributed by atoms with Gasteiger partial charge >= 0.3 is 6.18 Å². The molecule has 0 N–H and O–H groups in total. The van der Waals surface area contributed by atoms with Crippen LogP contribution in [0.3, 0.4) is 0 Å². The minimum absolute atomic E-state index is 0.307. The molecule has 0 aliphatic carbocycles. The number of halogens is 6. The lowest BCUT2D eigenvalue weighted by molar-refractivity contribution is -0.140. The van der Waals surface area contributed by atoms with Crippen molar-refractivity contribution in [2.45, 2.75) is 12.3 Å². The number of anilines is 2. The third-order valence-corrected chi connectivity index (χ3v) is 4.19. The minimum Gasteiger partial charge on any atom is -0.335 e. The summed E-state index contributed by atoms with van der Waals surface area (Å²) in [6.45, 7) is -0.786.